The molecule has 5 heteroatoms. The highest BCUT2D eigenvalue weighted by Gasteiger charge is 2.26. The quantitative estimate of drug-likeness (QED) is 0.526. The first-order valence-corrected chi connectivity index (χ1v) is 11.2. The number of ether oxygens (including phenoxy) is 1. The monoisotopic (exact) mass is 403 g/mol. The van der Waals surface area contributed by atoms with E-state index >= 15 is 0 Å². The Labute approximate surface area is 177 Å². The molecule has 0 saturated heterocycles. The fraction of sp³-hybridized carbons (Fsp3) is 0.480. The zero-order valence-corrected chi connectivity index (χ0v) is 17.6. The number of rotatable bonds is 6. The van der Waals surface area contributed by atoms with Crippen LogP contribution in [0.4, 0.5) is 0 Å². The molecule has 2 aliphatic carbocycles. The Bertz CT molecular complexity index is 1060. The topological polar surface area (TPSA) is 57.0 Å². The molecule has 0 spiro atoms. The number of aromatic nitrogens is 3. The Kier molecular flexibility index (Phi) is 5.28. The van der Waals surface area contributed by atoms with E-state index in [0.29, 0.717) is 17.9 Å². The minimum Gasteiger partial charge on any atom is -0.465 e. The van der Waals surface area contributed by atoms with Gasteiger partial charge in [0.2, 0.25) is 0 Å². The van der Waals surface area contributed by atoms with Gasteiger partial charge in [0.05, 0.1) is 30.1 Å². The standard InChI is InChI=1S/C25H29N3O2/c1-30-25(29)22-13-20(19-8-9-19)14-26-23(22)12-18-7-10-24-21(11-18)15-27-28(24)16-17-5-3-2-4-6-17/h7,10-11,13-15,17,19H,2-6,8-9,12,16H2,1H3. The summed E-state index contributed by atoms with van der Waals surface area (Å²) >= 11 is 0. The number of benzene rings is 1. The third-order valence-corrected chi connectivity index (χ3v) is 6.68. The van der Waals surface area contributed by atoms with Gasteiger partial charge in [-0.15, -0.1) is 0 Å². The van der Waals surface area contributed by atoms with Crippen LogP contribution in [-0.4, -0.2) is 27.8 Å². The van der Waals surface area contributed by atoms with Gasteiger partial charge < -0.3 is 4.74 Å². The molecule has 2 saturated carbocycles. The maximum absolute atomic E-state index is 12.3. The molecule has 5 nitrogen and oxygen atoms in total. The molecule has 2 aromatic heterocycles. The molecular formula is C25H29N3O2. The number of esters is 1. The molecule has 0 unspecified atom stereocenters. The van der Waals surface area contributed by atoms with Gasteiger partial charge in [0.15, 0.2) is 0 Å². The average Bonchev–Trinajstić information content (AvgIpc) is 3.56. The normalized spacial score (nSPS) is 17.4. The molecule has 0 atom stereocenters. The van der Waals surface area contributed by atoms with Crippen LogP contribution in [0.2, 0.25) is 0 Å². The van der Waals surface area contributed by atoms with Gasteiger partial charge >= 0.3 is 5.97 Å². The van der Waals surface area contributed by atoms with Crippen LogP contribution in [-0.2, 0) is 17.7 Å². The summed E-state index contributed by atoms with van der Waals surface area (Å²) in [6.07, 6.45) is 13.6. The highest BCUT2D eigenvalue weighted by atomic mass is 16.5. The second-order valence-corrected chi connectivity index (χ2v) is 8.93. The van der Waals surface area contributed by atoms with Gasteiger partial charge in [-0.2, -0.15) is 5.10 Å². The van der Waals surface area contributed by atoms with Crippen molar-refractivity contribution >= 4 is 16.9 Å². The van der Waals surface area contributed by atoms with Crippen molar-refractivity contribution in [2.75, 3.05) is 7.11 Å². The van der Waals surface area contributed by atoms with E-state index in [4.69, 9.17) is 4.74 Å². The van der Waals surface area contributed by atoms with Crippen molar-refractivity contribution < 1.29 is 9.53 Å². The molecule has 3 aromatic rings. The lowest BCUT2D eigenvalue weighted by molar-refractivity contribution is 0.0599. The first-order chi connectivity index (χ1) is 14.7. The number of carbonyl (C=O) groups excluding carboxylic acids is 1. The Morgan fingerprint density at radius 1 is 1.10 bits per heavy atom. The van der Waals surface area contributed by atoms with E-state index in [2.05, 4.69) is 33.0 Å². The second kappa shape index (κ2) is 8.21. The molecular weight excluding hydrogens is 374 g/mol. The first kappa shape index (κ1) is 19.3. The van der Waals surface area contributed by atoms with Crippen LogP contribution in [0, 0.1) is 5.92 Å². The van der Waals surface area contributed by atoms with Crippen molar-refractivity contribution in [1.29, 1.82) is 0 Å². The van der Waals surface area contributed by atoms with Crippen molar-refractivity contribution in [3.05, 3.63) is 59.0 Å². The molecule has 2 heterocycles. The zero-order chi connectivity index (χ0) is 20.5. The summed E-state index contributed by atoms with van der Waals surface area (Å²) in [7, 11) is 1.43. The predicted octanol–water partition coefficient (Wildman–Crippen LogP) is 5.27. The fourth-order valence-corrected chi connectivity index (χ4v) is 4.78. The van der Waals surface area contributed by atoms with Gasteiger partial charge in [0.25, 0.3) is 0 Å². The number of hydrogen-bond acceptors (Lipinski definition) is 4. The highest BCUT2D eigenvalue weighted by Crippen LogP contribution is 2.40. The van der Waals surface area contributed by atoms with Gasteiger partial charge in [0, 0.05) is 24.5 Å². The number of pyridine rings is 1. The van der Waals surface area contributed by atoms with Crippen LogP contribution < -0.4 is 0 Å². The van der Waals surface area contributed by atoms with E-state index in [0.717, 1.165) is 34.7 Å². The van der Waals surface area contributed by atoms with E-state index < -0.39 is 0 Å². The van der Waals surface area contributed by atoms with Crippen LogP contribution in [0.1, 0.15) is 78.0 Å². The van der Waals surface area contributed by atoms with Gasteiger partial charge in [-0.05, 0) is 66.8 Å². The number of methoxy groups -OCH3 is 1. The smallest absolute Gasteiger partial charge is 0.339 e. The Morgan fingerprint density at radius 2 is 1.93 bits per heavy atom. The molecule has 0 bridgehead atoms. The molecule has 1 aromatic carbocycles. The molecule has 2 aliphatic rings. The van der Waals surface area contributed by atoms with Gasteiger partial charge in [-0.1, -0.05) is 25.3 Å². The van der Waals surface area contributed by atoms with Crippen LogP contribution in [0.15, 0.2) is 36.7 Å². The maximum Gasteiger partial charge on any atom is 0.339 e. The number of nitrogens with zero attached hydrogens (tertiary/aromatic N) is 3. The molecule has 5 rings (SSSR count). The summed E-state index contributed by atoms with van der Waals surface area (Å²) in [4.78, 5) is 17.0. The predicted molar refractivity (Wildman–Crippen MR) is 117 cm³/mol. The minimum atomic E-state index is -0.304. The van der Waals surface area contributed by atoms with Crippen LogP contribution in [0.3, 0.4) is 0 Å². The number of carbonyl (C=O) groups is 1. The molecule has 30 heavy (non-hydrogen) atoms. The third-order valence-electron chi connectivity index (χ3n) is 6.68. The van der Waals surface area contributed by atoms with Gasteiger partial charge in [-0.25, -0.2) is 4.79 Å². The Balaban J connectivity index is 1.38. The molecule has 156 valence electrons. The second-order valence-electron chi connectivity index (χ2n) is 8.93. The molecule has 0 radical (unpaired) electrons. The van der Waals surface area contributed by atoms with Gasteiger partial charge in [-0.3, -0.25) is 9.67 Å². The van der Waals surface area contributed by atoms with E-state index in [1.54, 1.807) is 0 Å². The van der Waals surface area contributed by atoms with E-state index in [9.17, 15) is 4.79 Å². The lowest BCUT2D eigenvalue weighted by Gasteiger charge is -2.21. The number of fused-ring (bicyclic) bond motifs is 1. The molecule has 0 amide bonds. The van der Waals surface area contributed by atoms with Crippen molar-refractivity contribution in [2.24, 2.45) is 5.92 Å². The van der Waals surface area contributed by atoms with Crippen molar-refractivity contribution in [3.8, 4) is 0 Å². The lowest BCUT2D eigenvalue weighted by Crippen LogP contribution is -2.14. The molecule has 0 N–H and O–H groups in total. The summed E-state index contributed by atoms with van der Waals surface area (Å²) in [5.74, 6) is 1.00. The van der Waals surface area contributed by atoms with Crippen LogP contribution in [0.5, 0.6) is 0 Å². The van der Waals surface area contributed by atoms with Crippen molar-refractivity contribution in [1.82, 2.24) is 14.8 Å². The molecule has 0 aliphatic heterocycles. The zero-order valence-electron chi connectivity index (χ0n) is 17.6. The maximum atomic E-state index is 12.3. The lowest BCUT2D eigenvalue weighted by atomic mass is 9.89. The van der Waals surface area contributed by atoms with E-state index in [-0.39, 0.29) is 5.97 Å². The van der Waals surface area contributed by atoms with E-state index in [1.165, 1.54) is 57.6 Å². The van der Waals surface area contributed by atoms with E-state index in [1.807, 2.05) is 18.5 Å². The third kappa shape index (κ3) is 3.98. The van der Waals surface area contributed by atoms with Crippen molar-refractivity contribution in [2.45, 2.75) is 63.8 Å². The van der Waals surface area contributed by atoms with Crippen LogP contribution in [0.25, 0.3) is 10.9 Å². The summed E-state index contributed by atoms with van der Waals surface area (Å²) in [5, 5.41) is 5.81. The summed E-state index contributed by atoms with van der Waals surface area (Å²) in [6, 6.07) is 8.46. The summed E-state index contributed by atoms with van der Waals surface area (Å²) in [6.45, 7) is 1.01. The largest absolute Gasteiger partial charge is 0.465 e. The first-order valence-electron chi connectivity index (χ1n) is 11.2. The molecule has 2 fully saturated rings. The highest BCUT2D eigenvalue weighted by molar-refractivity contribution is 5.91. The Hall–Kier alpha value is -2.69. The Morgan fingerprint density at radius 3 is 2.70 bits per heavy atom. The average molecular weight is 404 g/mol. The van der Waals surface area contributed by atoms with Gasteiger partial charge in [0.1, 0.15) is 0 Å². The minimum absolute atomic E-state index is 0.304. The summed E-state index contributed by atoms with van der Waals surface area (Å²) < 4.78 is 7.19. The number of hydrogen-bond donors (Lipinski definition) is 0. The SMILES string of the molecule is COC(=O)c1cc(C2CC2)cnc1Cc1ccc2c(cnn2CC2CCCCC2)c1. The summed E-state index contributed by atoms with van der Waals surface area (Å²) in [5.41, 5.74) is 4.85. The van der Waals surface area contributed by atoms with Crippen molar-refractivity contribution in [3.63, 3.8) is 0 Å². The fourth-order valence-electron chi connectivity index (χ4n) is 4.78. The van der Waals surface area contributed by atoms with Crippen LogP contribution >= 0.6 is 0 Å².